The number of hydrogen-bond donors (Lipinski definition) is 0. The normalized spacial score (nSPS) is 28.5. The molecule has 4 aromatic rings. The minimum Gasteiger partial charge on any atom is -0.342 e. The smallest absolute Gasteiger partial charge is 0.0560 e. The standard InChI is InChI=1S/C63H62N2/c1-4-54-55-30-17-18-32-57(55)63(59(54)43-45(3)64(50-26-13-7-14-27-50)52-39-35-48(36-40-52)46-22-9-5-10-23-46)58-33-20-34-60(61(58)56-31-19-21-44(2)62(56)63)65(51-28-15-8-16-29-51)53-41-37-49(38-42-53)47-24-11-6-12-25-47/h4-11,13-20,22-24,26,28-35,37-39,41,43-44,50,53-54,56,59,62H,1,12,21,25,27,36,40,42H2,2-3H3/b45-43+. The molecule has 0 amide bonds. The fourth-order valence-electron chi connectivity index (χ4n) is 13.3. The van der Waals surface area contributed by atoms with Crippen molar-refractivity contribution < 1.29 is 0 Å². The first-order valence-corrected chi connectivity index (χ1v) is 24.4. The van der Waals surface area contributed by atoms with E-state index < -0.39 is 0 Å². The van der Waals surface area contributed by atoms with Crippen LogP contribution in [0.2, 0.25) is 0 Å². The summed E-state index contributed by atoms with van der Waals surface area (Å²) >= 11 is 0. The van der Waals surface area contributed by atoms with Crippen molar-refractivity contribution >= 4 is 16.9 Å². The Morgan fingerprint density at radius 2 is 1.51 bits per heavy atom. The van der Waals surface area contributed by atoms with Gasteiger partial charge in [-0.1, -0.05) is 183 Å². The predicted octanol–water partition coefficient (Wildman–Crippen LogP) is 15.7. The SMILES string of the molecule is C=CC1c2ccccc2C2(c3cccc(N(c4ccccc4)C4C=CC(C5=CC=CCC5)=CC4)c3C3C=CCC(C)C32)C1/C=C(\C)N(C1=CC=C(c2ccccc2)CC1)C1C=CC=CC1. The molecule has 7 aliphatic rings. The first-order valence-electron chi connectivity index (χ1n) is 24.4. The largest absolute Gasteiger partial charge is 0.342 e. The van der Waals surface area contributed by atoms with Crippen molar-refractivity contribution in [2.75, 3.05) is 4.90 Å². The van der Waals surface area contributed by atoms with Crippen LogP contribution in [0.1, 0.15) is 98.4 Å². The van der Waals surface area contributed by atoms with Gasteiger partial charge in [0.1, 0.15) is 0 Å². The number of hydrogen-bond acceptors (Lipinski definition) is 2. The summed E-state index contributed by atoms with van der Waals surface area (Å²) in [6.07, 6.45) is 45.6. The monoisotopic (exact) mass is 846 g/mol. The second kappa shape index (κ2) is 17.5. The Morgan fingerprint density at radius 1 is 0.692 bits per heavy atom. The molecule has 8 atom stereocenters. The summed E-state index contributed by atoms with van der Waals surface area (Å²) in [6, 6.07) is 39.4. The van der Waals surface area contributed by atoms with Gasteiger partial charge in [-0.05, 0) is 133 Å². The molecule has 0 saturated heterocycles. The van der Waals surface area contributed by atoms with E-state index in [9.17, 15) is 0 Å². The van der Waals surface area contributed by atoms with Gasteiger partial charge in [0.05, 0.1) is 12.1 Å². The van der Waals surface area contributed by atoms with Crippen LogP contribution in [0.3, 0.4) is 0 Å². The van der Waals surface area contributed by atoms with Crippen LogP contribution in [0.15, 0.2) is 229 Å². The van der Waals surface area contributed by atoms with E-state index in [0.717, 1.165) is 44.9 Å². The van der Waals surface area contributed by atoms with E-state index in [1.807, 2.05) is 0 Å². The molecular formula is C63H62N2. The first-order chi connectivity index (χ1) is 32.1. The Morgan fingerprint density at radius 3 is 2.25 bits per heavy atom. The summed E-state index contributed by atoms with van der Waals surface area (Å²) < 4.78 is 0. The lowest BCUT2D eigenvalue weighted by Gasteiger charge is -2.45. The van der Waals surface area contributed by atoms with Gasteiger partial charge >= 0.3 is 0 Å². The van der Waals surface area contributed by atoms with Crippen molar-refractivity contribution in [2.45, 2.75) is 88.1 Å². The van der Waals surface area contributed by atoms with Crippen LogP contribution in [-0.2, 0) is 5.41 Å². The maximum Gasteiger partial charge on any atom is 0.0560 e. The fourth-order valence-corrected chi connectivity index (χ4v) is 13.3. The van der Waals surface area contributed by atoms with E-state index in [2.05, 4.69) is 231 Å². The number of allylic oxidation sites excluding steroid dienone is 17. The van der Waals surface area contributed by atoms with Crippen molar-refractivity contribution in [3.63, 3.8) is 0 Å². The minimum absolute atomic E-state index is 0.169. The van der Waals surface area contributed by atoms with Crippen molar-refractivity contribution in [1.82, 2.24) is 4.90 Å². The molecule has 324 valence electrons. The number of fused-ring (bicyclic) bond motifs is 7. The van der Waals surface area contributed by atoms with Crippen LogP contribution in [0, 0.1) is 17.8 Å². The van der Waals surface area contributed by atoms with Crippen LogP contribution in [-0.4, -0.2) is 17.0 Å². The van der Waals surface area contributed by atoms with Crippen molar-refractivity contribution in [3.8, 4) is 0 Å². The summed E-state index contributed by atoms with van der Waals surface area (Å²) in [5, 5.41) is 0. The zero-order chi connectivity index (χ0) is 43.9. The Bertz CT molecular complexity index is 2780. The second-order valence-corrected chi connectivity index (χ2v) is 19.4. The number of benzene rings is 4. The molecule has 65 heavy (non-hydrogen) atoms. The second-order valence-electron chi connectivity index (χ2n) is 19.4. The van der Waals surface area contributed by atoms with Crippen molar-refractivity contribution in [1.29, 1.82) is 0 Å². The van der Waals surface area contributed by atoms with Crippen LogP contribution < -0.4 is 4.90 Å². The third-order valence-electron chi connectivity index (χ3n) is 15.9. The van der Waals surface area contributed by atoms with E-state index in [-0.39, 0.29) is 35.3 Å². The van der Waals surface area contributed by atoms with E-state index >= 15 is 0 Å². The average molecular weight is 847 g/mol. The van der Waals surface area contributed by atoms with Crippen LogP contribution in [0.25, 0.3) is 5.57 Å². The topological polar surface area (TPSA) is 6.48 Å². The highest BCUT2D eigenvalue weighted by Gasteiger charge is 2.63. The van der Waals surface area contributed by atoms with Gasteiger partial charge in [-0.15, -0.1) is 6.58 Å². The third kappa shape index (κ3) is 7.08. The van der Waals surface area contributed by atoms with Gasteiger partial charge in [0.2, 0.25) is 0 Å². The minimum atomic E-state index is -0.259. The van der Waals surface area contributed by atoms with E-state index in [0.29, 0.717) is 11.8 Å². The number of nitrogens with zero attached hydrogens (tertiary/aromatic N) is 2. The van der Waals surface area contributed by atoms with Gasteiger partial charge in [0.15, 0.2) is 0 Å². The molecule has 11 rings (SSSR count). The zero-order valence-electron chi connectivity index (χ0n) is 38.1. The molecule has 0 saturated carbocycles. The fraction of sp³-hybridized carbons (Fsp3) is 0.270. The lowest BCUT2D eigenvalue weighted by Crippen LogP contribution is -2.43. The van der Waals surface area contributed by atoms with E-state index in [4.69, 9.17) is 0 Å². The summed E-state index contributed by atoms with van der Waals surface area (Å²) in [7, 11) is 0. The van der Waals surface area contributed by atoms with Gasteiger partial charge in [0, 0.05) is 45.9 Å². The molecular weight excluding hydrogens is 785 g/mol. The molecule has 2 heteroatoms. The van der Waals surface area contributed by atoms with Gasteiger partial charge < -0.3 is 9.80 Å². The molecule has 0 bridgehead atoms. The quantitative estimate of drug-likeness (QED) is 0.147. The summed E-state index contributed by atoms with van der Waals surface area (Å²) in [5.74, 6) is 1.46. The number of anilines is 2. The predicted molar refractivity (Wildman–Crippen MR) is 274 cm³/mol. The van der Waals surface area contributed by atoms with Crippen LogP contribution in [0.5, 0.6) is 0 Å². The molecule has 2 nitrogen and oxygen atoms in total. The molecule has 8 unspecified atom stereocenters. The third-order valence-corrected chi connectivity index (χ3v) is 15.9. The molecule has 1 spiro atoms. The maximum absolute atomic E-state index is 4.66. The summed E-state index contributed by atoms with van der Waals surface area (Å²) in [4.78, 5) is 5.37. The Kier molecular flexibility index (Phi) is 11.2. The highest BCUT2D eigenvalue weighted by Crippen LogP contribution is 2.70. The van der Waals surface area contributed by atoms with Crippen molar-refractivity contribution in [2.24, 2.45) is 17.8 Å². The maximum atomic E-state index is 4.66. The number of para-hydroxylation sites is 1. The lowest BCUT2D eigenvalue weighted by molar-refractivity contribution is 0.187. The highest BCUT2D eigenvalue weighted by molar-refractivity contribution is 5.76. The van der Waals surface area contributed by atoms with Crippen molar-refractivity contribution in [3.05, 3.63) is 257 Å². The van der Waals surface area contributed by atoms with Gasteiger partial charge in [-0.3, -0.25) is 0 Å². The van der Waals surface area contributed by atoms with Gasteiger partial charge in [0.25, 0.3) is 0 Å². The summed E-state index contributed by atoms with van der Waals surface area (Å²) in [5.41, 5.74) is 16.6. The van der Waals surface area contributed by atoms with Gasteiger partial charge in [-0.25, -0.2) is 0 Å². The molecule has 0 radical (unpaired) electrons. The van der Waals surface area contributed by atoms with E-state index in [1.54, 1.807) is 0 Å². The van der Waals surface area contributed by atoms with Gasteiger partial charge in [-0.2, -0.15) is 0 Å². The molecule has 0 aromatic heterocycles. The molecule has 0 N–H and O–H groups in total. The Labute approximate surface area is 388 Å². The number of rotatable bonds is 10. The summed E-state index contributed by atoms with van der Waals surface area (Å²) in [6.45, 7) is 9.60. The highest BCUT2D eigenvalue weighted by atomic mass is 15.2. The molecule has 0 heterocycles. The first kappa shape index (κ1) is 41.3. The molecule has 4 aromatic carbocycles. The Balaban J connectivity index is 1.08. The zero-order valence-corrected chi connectivity index (χ0v) is 38.1. The Hall–Kier alpha value is -6.38. The molecule has 0 fully saturated rings. The molecule has 0 aliphatic heterocycles. The van der Waals surface area contributed by atoms with E-state index in [1.165, 1.54) is 67.3 Å². The lowest BCUT2D eigenvalue weighted by atomic mass is 9.57. The van der Waals surface area contributed by atoms with Crippen LogP contribution >= 0.6 is 0 Å². The van der Waals surface area contributed by atoms with Crippen LogP contribution in [0.4, 0.5) is 11.4 Å². The molecule has 7 aliphatic carbocycles. The average Bonchev–Trinajstić information content (AvgIpc) is 3.83.